The quantitative estimate of drug-likeness (QED) is 0.328. The third-order valence-corrected chi connectivity index (χ3v) is 5.58. The predicted molar refractivity (Wildman–Crippen MR) is 100 cm³/mol. The first-order chi connectivity index (χ1) is 13.9. The number of hydrogen-bond donors (Lipinski definition) is 3. The first-order valence-electron chi connectivity index (χ1n) is 9.17. The minimum atomic E-state index is -1.27. The van der Waals surface area contributed by atoms with Crippen molar-refractivity contribution in [2.75, 3.05) is 25.0 Å². The van der Waals surface area contributed by atoms with Gasteiger partial charge >= 0.3 is 41.6 Å². The Bertz CT molecular complexity index is 927. The molecule has 2 fully saturated rings. The van der Waals surface area contributed by atoms with Crippen LogP contribution in [0.1, 0.15) is 7.85 Å². The fourth-order valence-electron chi connectivity index (χ4n) is 4.42. The molecule has 0 saturated carbocycles. The summed E-state index contributed by atoms with van der Waals surface area (Å²) in [7, 11) is 0. The van der Waals surface area contributed by atoms with E-state index in [9.17, 15) is 24.3 Å². The number of nitrogens with two attached hydrogens (primary N) is 1. The van der Waals surface area contributed by atoms with Crippen LogP contribution in [0.2, 0.25) is 0 Å². The maximum atomic E-state index is 12.7. The third-order valence-electron chi connectivity index (χ3n) is 5.58. The van der Waals surface area contributed by atoms with Crippen LogP contribution in [0.4, 0.5) is 10.5 Å². The Balaban J connectivity index is 0.00000171. The topological polar surface area (TPSA) is 142 Å². The molecule has 3 atom stereocenters. The predicted octanol–water partition coefficient (Wildman–Crippen LogP) is -2.91. The molecule has 0 aliphatic carbocycles. The van der Waals surface area contributed by atoms with Gasteiger partial charge in [-0.15, -0.1) is 0 Å². The fourth-order valence-corrected chi connectivity index (χ4v) is 4.42. The number of anilines is 1. The van der Waals surface area contributed by atoms with Gasteiger partial charge < -0.3 is 27.2 Å². The van der Waals surface area contributed by atoms with E-state index in [1.807, 2.05) is 30.3 Å². The Morgan fingerprint density at radius 3 is 2.60 bits per heavy atom. The molecular formula is C19H21N4NaO6. The van der Waals surface area contributed by atoms with Crippen molar-refractivity contribution >= 4 is 29.6 Å². The molecule has 0 unspecified atom stereocenters. The van der Waals surface area contributed by atoms with E-state index < -0.39 is 24.0 Å². The summed E-state index contributed by atoms with van der Waals surface area (Å²) in [6.07, 6.45) is -0.706. The number of β-lactam (4-membered cyclic amide) rings is 1. The minimum Gasteiger partial charge on any atom is -1.00 e. The average molecular weight is 424 g/mol. The number of carboxylic acids is 1. The molecule has 1 aromatic rings. The van der Waals surface area contributed by atoms with Crippen LogP contribution >= 0.6 is 0 Å². The summed E-state index contributed by atoms with van der Waals surface area (Å²) in [5.74, 6) is -2.05. The van der Waals surface area contributed by atoms with Crippen molar-refractivity contribution in [1.82, 2.24) is 9.80 Å². The summed E-state index contributed by atoms with van der Waals surface area (Å²) in [5, 5.41) is 12.6. The first-order valence-corrected chi connectivity index (χ1v) is 9.17. The Kier molecular flexibility index (Phi) is 6.39. The van der Waals surface area contributed by atoms with Gasteiger partial charge in [0.15, 0.2) is 0 Å². The molecule has 3 aliphatic heterocycles. The van der Waals surface area contributed by atoms with Crippen LogP contribution in [0.3, 0.4) is 0 Å². The molecule has 3 aliphatic rings. The zero-order valence-electron chi connectivity index (χ0n) is 17.4. The molecule has 10 nitrogen and oxygen atoms in total. The van der Waals surface area contributed by atoms with Gasteiger partial charge in [0, 0.05) is 18.2 Å². The van der Waals surface area contributed by atoms with E-state index in [4.69, 9.17) is 10.5 Å². The van der Waals surface area contributed by atoms with Crippen LogP contribution < -0.4 is 40.6 Å². The van der Waals surface area contributed by atoms with Crippen molar-refractivity contribution in [2.45, 2.75) is 18.5 Å². The number of rotatable bonds is 6. The number of nitrogens with one attached hydrogen (secondary N) is 1. The number of carbonyl (C=O) groups is 4. The van der Waals surface area contributed by atoms with Crippen LogP contribution in [0.5, 0.6) is 0 Å². The molecule has 4 N–H and O–H groups in total. The number of carbonyl (C=O) groups excluding carboxylic acids is 3. The van der Waals surface area contributed by atoms with Crippen molar-refractivity contribution < 1.29 is 60.0 Å². The van der Waals surface area contributed by atoms with Crippen LogP contribution in [-0.4, -0.2) is 70.6 Å². The van der Waals surface area contributed by atoms with E-state index >= 15 is 0 Å². The SMILES string of the molecule is NC(=O)OCC1=C(C(=O)O)N2C(=O)[C@@H]3[C@H]2[C@H](C1)CN3C(=O)CNc1ccccc1.[H-].[Na+]. The Hall–Kier alpha value is -2.56. The van der Waals surface area contributed by atoms with Crippen molar-refractivity contribution in [1.29, 1.82) is 0 Å². The van der Waals surface area contributed by atoms with Crippen molar-refractivity contribution in [3.8, 4) is 0 Å². The standard InChI is InChI=1S/C19H20N4O6.Na.H/c20-19(28)29-9-11-6-10-8-22(13(24)7-21-12-4-2-1-3-5-12)16-14(10)23(17(16)25)15(11)18(26)27;;/h1-5,10,14,16,21H,6-9H2,(H2,20,28)(H,26,27);;/q;+1;-1/t10-,14-,16+;;/m1../s1. The second-order valence-corrected chi connectivity index (χ2v) is 7.24. The zero-order valence-corrected chi connectivity index (χ0v) is 18.4. The number of primary amides is 1. The number of nitrogens with zero attached hydrogens (tertiary/aromatic N) is 2. The average Bonchev–Trinajstić information content (AvgIpc) is 3.06. The first kappa shape index (κ1) is 22.1. The summed E-state index contributed by atoms with van der Waals surface area (Å²) >= 11 is 0. The molecule has 0 radical (unpaired) electrons. The van der Waals surface area contributed by atoms with Crippen molar-refractivity contribution in [3.05, 3.63) is 41.6 Å². The van der Waals surface area contributed by atoms with E-state index in [1.165, 1.54) is 9.80 Å². The van der Waals surface area contributed by atoms with Crippen LogP contribution in [-0.2, 0) is 19.1 Å². The third kappa shape index (κ3) is 3.78. The Morgan fingerprint density at radius 2 is 1.97 bits per heavy atom. The largest absolute Gasteiger partial charge is 1.00 e. The van der Waals surface area contributed by atoms with Crippen LogP contribution in [0, 0.1) is 5.92 Å². The zero-order chi connectivity index (χ0) is 20.7. The molecule has 11 heteroatoms. The summed E-state index contributed by atoms with van der Waals surface area (Å²) in [5.41, 5.74) is 5.92. The van der Waals surface area contributed by atoms with Crippen molar-refractivity contribution in [2.24, 2.45) is 11.7 Å². The number of amides is 3. The molecule has 3 amide bonds. The van der Waals surface area contributed by atoms with Gasteiger partial charge in [-0.05, 0) is 24.1 Å². The second-order valence-electron chi connectivity index (χ2n) is 7.24. The molecule has 0 aromatic heterocycles. The van der Waals surface area contributed by atoms with E-state index in [-0.39, 0.29) is 67.7 Å². The van der Waals surface area contributed by atoms with E-state index in [1.54, 1.807) is 0 Å². The number of ether oxygens (including phenoxy) is 1. The van der Waals surface area contributed by atoms with E-state index in [0.717, 1.165) is 5.69 Å². The molecule has 30 heavy (non-hydrogen) atoms. The summed E-state index contributed by atoms with van der Waals surface area (Å²) in [6, 6.07) is 8.21. The van der Waals surface area contributed by atoms with E-state index in [2.05, 4.69) is 5.32 Å². The van der Waals surface area contributed by atoms with Crippen molar-refractivity contribution in [3.63, 3.8) is 0 Å². The van der Waals surface area contributed by atoms with Gasteiger partial charge in [0.25, 0.3) is 5.91 Å². The van der Waals surface area contributed by atoms with Gasteiger partial charge in [-0.1, -0.05) is 18.2 Å². The summed E-state index contributed by atoms with van der Waals surface area (Å²) in [4.78, 5) is 50.9. The molecule has 0 bridgehead atoms. The number of likely N-dealkylation sites (tertiary alicyclic amines) is 1. The number of benzene rings is 1. The Morgan fingerprint density at radius 1 is 1.27 bits per heavy atom. The molecule has 4 rings (SSSR count). The van der Waals surface area contributed by atoms with Gasteiger partial charge in [-0.3, -0.25) is 14.5 Å². The maximum Gasteiger partial charge on any atom is 1.00 e. The van der Waals surface area contributed by atoms with Gasteiger partial charge in [0.2, 0.25) is 5.91 Å². The Labute approximate surface area is 195 Å². The molecule has 154 valence electrons. The van der Waals surface area contributed by atoms with Gasteiger partial charge in [0.1, 0.15) is 18.3 Å². The summed E-state index contributed by atoms with van der Waals surface area (Å²) < 4.78 is 4.76. The number of hydrogen-bond acceptors (Lipinski definition) is 6. The smallest absolute Gasteiger partial charge is 1.00 e. The molecular weight excluding hydrogens is 403 g/mol. The number of aliphatic carboxylic acids is 1. The number of para-hydroxylation sites is 1. The molecule has 0 spiro atoms. The van der Waals surface area contributed by atoms with Gasteiger partial charge in [0.05, 0.1) is 12.6 Å². The van der Waals surface area contributed by atoms with Gasteiger partial charge in [-0.2, -0.15) is 0 Å². The normalized spacial score (nSPS) is 23.9. The molecule has 3 heterocycles. The van der Waals surface area contributed by atoms with Gasteiger partial charge in [-0.25, -0.2) is 9.59 Å². The fraction of sp³-hybridized carbons (Fsp3) is 0.368. The van der Waals surface area contributed by atoms with Crippen LogP contribution in [0.25, 0.3) is 0 Å². The summed E-state index contributed by atoms with van der Waals surface area (Å²) in [6.45, 7) is 0.0715. The molecule has 1 aromatic carbocycles. The molecule has 2 saturated heterocycles. The maximum absolute atomic E-state index is 12.7. The van der Waals surface area contributed by atoms with Crippen LogP contribution in [0.15, 0.2) is 41.6 Å². The number of carboxylic acid groups (broad SMARTS) is 1. The second kappa shape index (κ2) is 8.66. The minimum absolute atomic E-state index is 0. The monoisotopic (exact) mass is 424 g/mol. The van der Waals surface area contributed by atoms with E-state index in [0.29, 0.717) is 18.5 Å².